The van der Waals surface area contributed by atoms with Crippen molar-refractivity contribution in [1.82, 2.24) is 14.6 Å². The van der Waals surface area contributed by atoms with Crippen LogP contribution >= 0.6 is 11.3 Å². The van der Waals surface area contributed by atoms with Gasteiger partial charge in [0.1, 0.15) is 35.2 Å². The summed E-state index contributed by atoms with van der Waals surface area (Å²) in [6, 6.07) is 17.1. The van der Waals surface area contributed by atoms with Crippen molar-refractivity contribution < 1.29 is 27.8 Å². The number of halogens is 1. The first-order valence-electron chi connectivity index (χ1n) is 12.8. The van der Waals surface area contributed by atoms with Crippen molar-refractivity contribution in [3.63, 3.8) is 0 Å². The third-order valence-corrected chi connectivity index (χ3v) is 7.97. The highest BCUT2D eigenvalue weighted by Crippen LogP contribution is 2.38. The number of hydrogen-bond donors (Lipinski definition) is 0. The zero-order chi connectivity index (χ0) is 28.1. The zero-order valence-corrected chi connectivity index (χ0v) is 22.9. The second-order valence-electron chi connectivity index (χ2n) is 9.49. The molecule has 0 unspecified atom stereocenters. The summed E-state index contributed by atoms with van der Waals surface area (Å²) >= 11 is 1.34. The summed E-state index contributed by atoms with van der Waals surface area (Å²) in [6.07, 6.45) is 2.46. The van der Waals surface area contributed by atoms with E-state index in [4.69, 9.17) is 18.6 Å². The van der Waals surface area contributed by atoms with E-state index in [1.165, 1.54) is 23.5 Å². The van der Waals surface area contributed by atoms with Crippen molar-refractivity contribution in [1.29, 1.82) is 0 Å². The van der Waals surface area contributed by atoms with Gasteiger partial charge in [-0.05, 0) is 59.2 Å². The predicted molar refractivity (Wildman–Crippen MR) is 152 cm³/mol. The van der Waals surface area contributed by atoms with E-state index in [1.54, 1.807) is 42.0 Å². The summed E-state index contributed by atoms with van der Waals surface area (Å²) in [4.78, 5) is 20.2. The number of methoxy groups -OCH3 is 2. The van der Waals surface area contributed by atoms with Crippen molar-refractivity contribution in [2.75, 3.05) is 25.7 Å². The van der Waals surface area contributed by atoms with Crippen LogP contribution in [0.5, 0.6) is 16.7 Å². The molecule has 6 aromatic rings. The molecule has 0 radical (unpaired) electrons. The second-order valence-corrected chi connectivity index (χ2v) is 10.4. The molecule has 1 amide bonds. The number of imidazole rings is 1. The minimum Gasteiger partial charge on any atom is -0.496 e. The van der Waals surface area contributed by atoms with Crippen molar-refractivity contribution in [3.8, 4) is 28.1 Å². The normalized spacial score (nSPS) is 12.7. The van der Waals surface area contributed by atoms with Gasteiger partial charge in [-0.2, -0.15) is 0 Å². The standard InChI is InChI=1S/C30H23FN4O5S/c1-37-20-12-25(22-14-27(40-26(22)13-20)23-15-35-29(32-23)41-30(33-35)38-2)39-16-18-6-4-8-24-21(18)9-10-34(24)28(36)17-5-3-7-19(31)11-17/h3-8,11-15H,9-10,16H2,1-2H3. The lowest BCUT2D eigenvalue weighted by Crippen LogP contribution is -2.28. The Kier molecular flexibility index (Phi) is 6.08. The topological polar surface area (TPSA) is 91.3 Å². The van der Waals surface area contributed by atoms with E-state index in [-0.39, 0.29) is 12.5 Å². The Hall–Kier alpha value is -4.90. The summed E-state index contributed by atoms with van der Waals surface area (Å²) in [5.74, 6) is 1.10. The number of furan rings is 1. The third kappa shape index (κ3) is 4.44. The fourth-order valence-electron chi connectivity index (χ4n) is 5.12. The molecule has 0 bridgehead atoms. The first-order valence-corrected chi connectivity index (χ1v) is 13.7. The maximum Gasteiger partial charge on any atom is 0.294 e. The lowest BCUT2D eigenvalue weighted by Gasteiger charge is -2.18. The van der Waals surface area contributed by atoms with Crippen LogP contribution in [-0.4, -0.2) is 41.3 Å². The first kappa shape index (κ1) is 25.1. The Morgan fingerprint density at radius 1 is 1.10 bits per heavy atom. The smallest absolute Gasteiger partial charge is 0.294 e. The highest BCUT2D eigenvalue weighted by molar-refractivity contribution is 7.18. The molecule has 9 nitrogen and oxygen atoms in total. The quantitative estimate of drug-likeness (QED) is 0.228. The minimum atomic E-state index is -0.436. The van der Waals surface area contributed by atoms with E-state index in [1.807, 2.05) is 36.4 Å². The van der Waals surface area contributed by atoms with Gasteiger partial charge < -0.3 is 23.5 Å². The number of carbonyl (C=O) groups excluding carboxylic acids is 1. The molecule has 41 heavy (non-hydrogen) atoms. The van der Waals surface area contributed by atoms with Crippen molar-refractivity contribution in [2.24, 2.45) is 0 Å². The predicted octanol–water partition coefficient (Wildman–Crippen LogP) is 6.14. The number of rotatable bonds is 7. The molecule has 4 heterocycles. The van der Waals surface area contributed by atoms with Crippen molar-refractivity contribution in [3.05, 3.63) is 89.4 Å². The Morgan fingerprint density at radius 2 is 1.98 bits per heavy atom. The molecular weight excluding hydrogens is 547 g/mol. The van der Waals surface area contributed by atoms with Crippen LogP contribution in [0.25, 0.3) is 27.4 Å². The number of nitrogens with zero attached hydrogens (tertiary/aromatic N) is 4. The van der Waals surface area contributed by atoms with Gasteiger partial charge in [0.15, 0.2) is 5.76 Å². The van der Waals surface area contributed by atoms with Crippen LogP contribution in [0.4, 0.5) is 10.1 Å². The van der Waals surface area contributed by atoms with Crippen LogP contribution < -0.4 is 19.1 Å². The van der Waals surface area contributed by atoms with E-state index < -0.39 is 5.82 Å². The Balaban J connectivity index is 1.17. The number of amides is 1. The molecule has 206 valence electrons. The molecule has 0 aliphatic carbocycles. The van der Waals surface area contributed by atoms with Crippen LogP contribution in [0.1, 0.15) is 21.5 Å². The summed E-state index contributed by atoms with van der Waals surface area (Å²) in [6.45, 7) is 0.789. The molecule has 0 spiro atoms. The molecule has 3 aromatic heterocycles. The minimum absolute atomic E-state index is 0.227. The molecule has 0 saturated carbocycles. The number of aromatic nitrogens is 3. The van der Waals surface area contributed by atoms with Gasteiger partial charge in [-0.1, -0.05) is 18.2 Å². The fourth-order valence-corrected chi connectivity index (χ4v) is 5.81. The van der Waals surface area contributed by atoms with Crippen LogP contribution in [0.2, 0.25) is 0 Å². The number of anilines is 1. The SMILES string of the molecule is COc1cc(OCc2cccc3c2CCN3C(=O)c2cccc(F)c2)c2cc(-c3cn4nc(OC)sc4n3)oc2c1. The van der Waals surface area contributed by atoms with Gasteiger partial charge in [-0.15, -0.1) is 5.10 Å². The Bertz CT molecular complexity index is 1910. The van der Waals surface area contributed by atoms with Crippen LogP contribution in [0.3, 0.4) is 0 Å². The number of fused-ring (bicyclic) bond motifs is 3. The maximum absolute atomic E-state index is 13.7. The van der Waals surface area contributed by atoms with E-state index >= 15 is 0 Å². The van der Waals surface area contributed by atoms with E-state index in [2.05, 4.69) is 10.1 Å². The second kappa shape index (κ2) is 9.93. The summed E-state index contributed by atoms with van der Waals surface area (Å²) in [5, 5.41) is 5.63. The number of ether oxygens (including phenoxy) is 3. The maximum atomic E-state index is 13.7. The Morgan fingerprint density at radius 3 is 2.78 bits per heavy atom. The lowest BCUT2D eigenvalue weighted by molar-refractivity contribution is 0.0989. The highest BCUT2D eigenvalue weighted by Gasteiger charge is 2.28. The Labute approximate surface area is 237 Å². The molecule has 0 atom stereocenters. The third-order valence-electron chi connectivity index (χ3n) is 7.08. The summed E-state index contributed by atoms with van der Waals surface area (Å²) in [7, 11) is 3.16. The average Bonchev–Trinajstić information content (AvgIpc) is 3.76. The molecule has 0 N–H and O–H groups in total. The number of benzene rings is 3. The molecule has 0 saturated heterocycles. The van der Waals surface area contributed by atoms with Gasteiger partial charge in [0, 0.05) is 29.9 Å². The number of carbonyl (C=O) groups is 1. The van der Waals surface area contributed by atoms with Gasteiger partial charge in [-0.25, -0.2) is 13.9 Å². The van der Waals surface area contributed by atoms with Gasteiger partial charge in [0.2, 0.25) is 4.96 Å². The van der Waals surface area contributed by atoms with Gasteiger partial charge >= 0.3 is 0 Å². The van der Waals surface area contributed by atoms with E-state index in [0.29, 0.717) is 57.2 Å². The van der Waals surface area contributed by atoms with E-state index in [9.17, 15) is 9.18 Å². The van der Waals surface area contributed by atoms with Crippen LogP contribution in [0.15, 0.2) is 71.3 Å². The average molecular weight is 571 g/mol. The molecule has 1 aliphatic rings. The summed E-state index contributed by atoms with van der Waals surface area (Å²) in [5.41, 5.74) is 4.36. The van der Waals surface area contributed by atoms with Gasteiger partial charge in [0.05, 0.1) is 25.8 Å². The fraction of sp³-hybridized carbons (Fsp3) is 0.167. The lowest BCUT2D eigenvalue weighted by atomic mass is 10.1. The van der Waals surface area contributed by atoms with Crippen molar-refractivity contribution in [2.45, 2.75) is 13.0 Å². The summed E-state index contributed by atoms with van der Waals surface area (Å²) < 4.78 is 38.6. The van der Waals surface area contributed by atoms with Crippen molar-refractivity contribution >= 4 is 38.9 Å². The largest absolute Gasteiger partial charge is 0.496 e. The molecule has 7 rings (SSSR count). The monoisotopic (exact) mass is 570 g/mol. The molecule has 3 aromatic carbocycles. The van der Waals surface area contributed by atoms with Crippen LogP contribution in [-0.2, 0) is 13.0 Å². The van der Waals surface area contributed by atoms with E-state index in [0.717, 1.165) is 22.2 Å². The zero-order valence-electron chi connectivity index (χ0n) is 22.1. The van der Waals surface area contributed by atoms with Gasteiger partial charge in [0.25, 0.3) is 11.1 Å². The highest BCUT2D eigenvalue weighted by atomic mass is 32.1. The molecule has 0 fully saturated rings. The number of hydrogen-bond acceptors (Lipinski definition) is 8. The molecule has 1 aliphatic heterocycles. The molecular formula is C30H23FN4O5S. The van der Waals surface area contributed by atoms with Crippen LogP contribution in [0, 0.1) is 5.82 Å². The van der Waals surface area contributed by atoms with Gasteiger partial charge in [-0.3, -0.25) is 4.79 Å². The molecule has 11 heteroatoms. The first-order chi connectivity index (χ1) is 20.0.